The van der Waals surface area contributed by atoms with E-state index >= 15 is 0 Å². The first-order chi connectivity index (χ1) is 10.3. The normalized spacial score (nSPS) is 31.5. The van der Waals surface area contributed by atoms with E-state index in [9.17, 15) is 15.0 Å². The fourth-order valence-electron chi connectivity index (χ4n) is 2.49. The molecule has 0 saturated carbocycles. The molecule has 0 spiro atoms. The van der Waals surface area contributed by atoms with Crippen LogP contribution >= 0.6 is 0 Å². The molecule has 1 saturated heterocycles. The molecule has 0 aliphatic carbocycles. The van der Waals surface area contributed by atoms with E-state index in [-0.39, 0.29) is 30.5 Å². The van der Waals surface area contributed by atoms with Crippen molar-refractivity contribution in [3.63, 3.8) is 0 Å². The Kier molecular flexibility index (Phi) is 8.31. The van der Waals surface area contributed by atoms with Gasteiger partial charge in [-0.3, -0.25) is 4.79 Å². The molecule has 0 amide bonds. The zero-order valence-electron chi connectivity index (χ0n) is 14.0. The van der Waals surface area contributed by atoms with Crippen LogP contribution in [0.4, 0.5) is 0 Å². The molecule has 1 aliphatic rings. The van der Waals surface area contributed by atoms with Crippen LogP contribution in [0, 0.1) is 5.92 Å². The van der Waals surface area contributed by atoms with Crippen LogP contribution in [0.2, 0.25) is 0 Å². The zero-order valence-corrected chi connectivity index (χ0v) is 14.0. The second kappa shape index (κ2) is 9.45. The lowest BCUT2D eigenvalue weighted by atomic mass is 10.00. The second-order valence-corrected chi connectivity index (χ2v) is 6.22. The summed E-state index contributed by atoms with van der Waals surface area (Å²) in [5.41, 5.74) is 0. The topological polar surface area (TPSA) is 85.2 Å². The van der Waals surface area contributed by atoms with Crippen molar-refractivity contribution in [1.82, 2.24) is 0 Å². The molecule has 1 fully saturated rings. The van der Waals surface area contributed by atoms with Crippen LogP contribution in [0.3, 0.4) is 0 Å². The largest absolute Gasteiger partial charge is 0.466 e. The second-order valence-electron chi connectivity index (χ2n) is 6.22. The predicted octanol–water partition coefficient (Wildman–Crippen LogP) is 1.62. The minimum atomic E-state index is -0.814. The molecule has 1 heterocycles. The number of esters is 1. The molecule has 0 radical (unpaired) electrons. The highest BCUT2D eigenvalue weighted by atomic mass is 16.7. The lowest BCUT2D eigenvalue weighted by Gasteiger charge is -2.36. The van der Waals surface area contributed by atoms with E-state index in [1.54, 1.807) is 13.8 Å². The Bertz CT molecular complexity index is 335. The highest BCUT2D eigenvalue weighted by molar-refractivity contribution is 5.69. The number of ether oxygens (including phenoxy) is 3. The maximum absolute atomic E-state index is 11.4. The minimum Gasteiger partial charge on any atom is -0.466 e. The average molecular weight is 318 g/mol. The van der Waals surface area contributed by atoms with Crippen molar-refractivity contribution >= 4 is 5.97 Å². The van der Waals surface area contributed by atoms with Crippen molar-refractivity contribution < 1.29 is 29.2 Å². The predicted molar refractivity (Wildman–Crippen MR) is 81.2 cm³/mol. The van der Waals surface area contributed by atoms with E-state index in [2.05, 4.69) is 0 Å². The fraction of sp³-hybridized carbons (Fsp3) is 0.938. The van der Waals surface area contributed by atoms with Crippen LogP contribution in [-0.2, 0) is 19.0 Å². The van der Waals surface area contributed by atoms with Gasteiger partial charge in [-0.2, -0.15) is 0 Å². The lowest BCUT2D eigenvalue weighted by Crippen LogP contribution is -2.48. The number of carbonyl (C=O) groups excluding carboxylic acids is 1. The van der Waals surface area contributed by atoms with E-state index in [4.69, 9.17) is 14.2 Å². The standard InChI is InChI=1S/C16H30O6/c1-5-20-15(19)8-10(2)6-7-11(3)21-16-14(18)9-13(17)12(4)22-16/h10-14,16-18H,5-9H2,1-4H3/t10?,11-,12+,13?,14-,16?/m1/s1. The van der Waals surface area contributed by atoms with Crippen molar-refractivity contribution in [2.45, 2.75) is 84.1 Å². The van der Waals surface area contributed by atoms with Crippen LogP contribution < -0.4 is 0 Å². The Morgan fingerprint density at radius 1 is 1.27 bits per heavy atom. The van der Waals surface area contributed by atoms with Gasteiger partial charge in [0.1, 0.15) is 6.10 Å². The van der Waals surface area contributed by atoms with E-state index in [1.165, 1.54) is 0 Å². The van der Waals surface area contributed by atoms with E-state index in [1.807, 2.05) is 13.8 Å². The molecule has 0 aromatic rings. The molecule has 2 N–H and O–H groups in total. The number of hydrogen-bond acceptors (Lipinski definition) is 6. The molecule has 3 unspecified atom stereocenters. The average Bonchev–Trinajstić information content (AvgIpc) is 2.43. The van der Waals surface area contributed by atoms with Gasteiger partial charge in [0.15, 0.2) is 6.29 Å². The Labute approximate surface area is 132 Å². The molecule has 6 atom stereocenters. The van der Waals surface area contributed by atoms with Crippen molar-refractivity contribution in [2.24, 2.45) is 5.92 Å². The number of carbonyl (C=O) groups is 1. The first-order valence-electron chi connectivity index (χ1n) is 8.16. The number of aliphatic hydroxyl groups is 2. The van der Waals surface area contributed by atoms with Gasteiger partial charge in [0.05, 0.1) is 24.9 Å². The summed E-state index contributed by atoms with van der Waals surface area (Å²) in [5, 5.41) is 19.5. The summed E-state index contributed by atoms with van der Waals surface area (Å²) in [6, 6.07) is 0. The third-order valence-corrected chi connectivity index (χ3v) is 3.94. The maximum atomic E-state index is 11.4. The quantitative estimate of drug-likeness (QED) is 0.662. The molecule has 22 heavy (non-hydrogen) atoms. The van der Waals surface area contributed by atoms with Gasteiger partial charge in [-0.1, -0.05) is 6.92 Å². The fourth-order valence-corrected chi connectivity index (χ4v) is 2.49. The first kappa shape index (κ1) is 19.4. The third-order valence-electron chi connectivity index (χ3n) is 3.94. The molecular formula is C16H30O6. The zero-order chi connectivity index (χ0) is 16.7. The van der Waals surface area contributed by atoms with E-state index in [0.717, 1.165) is 12.8 Å². The molecule has 0 aromatic heterocycles. The molecule has 1 rings (SSSR count). The van der Waals surface area contributed by atoms with Gasteiger partial charge in [-0.25, -0.2) is 0 Å². The van der Waals surface area contributed by atoms with Crippen LogP contribution in [-0.4, -0.2) is 53.5 Å². The van der Waals surface area contributed by atoms with Gasteiger partial charge in [-0.05, 0) is 39.5 Å². The third kappa shape index (κ3) is 6.60. The van der Waals surface area contributed by atoms with E-state index < -0.39 is 18.5 Å². The van der Waals surface area contributed by atoms with Crippen LogP contribution in [0.15, 0.2) is 0 Å². The van der Waals surface area contributed by atoms with Gasteiger partial charge in [0.25, 0.3) is 0 Å². The van der Waals surface area contributed by atoms with Crippen LogP contribution in [0.5, 0.6) is 0 Å². The molecule has 6 heteroatoms. The molecule has 0 aromatic carbocycles. The van der Waals surface area contributed by atoms with Gasteiger partial charge in [0.2, 0.25) is 0 Å². The highest BCUT2D eigenvalue weighted by Gasteiger charge is 2.35. The summed E-state index contributed by atoms with van der Waals surface area (Å²) >= 11 is 0. The Balaban J connectivity index is 2.28. The van der Waals surface area contributed by atoms with Gasteiger partial charge >= 0.3 is 5.97 Å². The SMILES string of the molecule is CCOC(=O)CC(C)CC[C@@H](C)OC1O[C@@H](C)C(O)C[C@H]1O. The summed E-state index contributed by atoms with van der Waals surface area (Å²) < 4.78 is 16.1. The van der Waals surface area contributed by atoms with Crippen molar-refractivity contribution in [2.75, 3.05) is 6.61 Å². The Morgan fingerprint density at radius 3 is 2.59 bits per heavy atom. The maximum Gasteiger partial charge on any atom is 0.306 e. The number of rotatable bonds is 8. The van der Waals surface area contributed by atoms with Crippen molar-refractivity contribution in [3.8, 4) is 0 Å². The van der Waals surface area contributed by atoms with Gasteiger partial charge in [0, 0.05) is 12.8 Å². The van der Waals surface area contributed by atoms with Gasteiger partial charge < -0.3 is 24.4 Å². The molecule has 0 bridgehead atoms. The van der Waals surface area contributed by atoms with E-state index in [0.29, 0.717) is 13.0 Å². The summed E-state index contributed by atoms with van der Waals surface area (Å²) in [6.07, 6.45) is -0.334. The summed E-state index contributed by atoms with van der Waals surface area (Å²) in [6.45, 7) is 7.90. The van der Waals surface area contributed by atoms with Crippen LogP contribution in [0.1, 0.15) is 53.4 Å². The Morgan fingerprint density at radius 2 is 1.95 bits per heavy atom. The molecule has 130 valence electrons. The van der Waals surface area contributed by atoms with Crippen molar-refractivity contribution in [3.05, 3.63) is 0 Å². The van der Waals surface area contributed by atoms with Crippen LogP contribution in [0.25, 0.3) is 0 Å². The van der Waals surface area contributed by atoms with Gasteiger partial charge in [-0.15, -0.1) is 0 Å². The number of hydrogen-bond donors (Lipinski definition) is 2. The molecule has 6 nitrogen and oxygen atoms in total. The minimum absolute atomic E-state index is 0.0910. The number of aliphatic hydroxyl groups excluding tert-OH is 2. The Hall–Kier alpha value is -0.690. The monoisotopic (exact) mass is 318 g/mol. The lowest BCUT2D eigenvalue weighted by molar-refractivity contribution is -0.273. The highest BCUT2D eigenvalue weighted by Crippen LogP contribution is 2.23. The first-order valence-corrected chi connectivity index (χ1v) is 8.16. The van der Waals surface area contributed by atoms with Crippen molar-refractivity contribution in [1.29, 1.82) is 0 Å². The summed E-state index contributed by atoms with van der Waals surface area (Å²) in [4.78, 5) is 11.4. The summed E-state index contributed by atoms with van der Waals surface area (Å²) in [7, 11) is 0. The molecular weight excluding hydrogens is 288 g/mol. The molecule has 1 aliphatic heterocycles. The summed E-state index contributed by atoms with van der Waals surface area (Å²) in [5.74, 6) is 0.0560. The smallest absolute Gasteiger partial charge is 0.306 e.